The van der Waals surface area contributed by atoms with Crippen LogP contribution in [-0.4, -0.2) is 21.7 Å². The van der Waals surface area contributed by atoms with Gasteiger partial charge in [0.15, 0.2) is 0 Å². The lowest BCUT2D eigenvalue weighted by molar-refractivity contribution is -0.120. The van der Waals surface area contributed by atoms with Gasteiger partial charge in [0.2, 0.25) is 5.91 Å². The van der Waals surface area contributed by atoms with Crippen LogP contribution >= 0.6 is 0 Å². The largest absolute Gasteiger partial charge is 0.328 e. The average Bonchev–Trinajstić information content (AvgIpc) is 2.67. The molecule has 5 nitrogen and oxygen atoms in total. The number of nitrogens with two attached hydrogens (primary N) is 1. The summed E-state index contributed by atoms with van der Waals surface area (Å²) in [6.07, 6.45) is 3.68. The Morgan fingerprint density at radius 1 is 1.30 bits per heavy atom. The van der Waals surface area contributed by atoms with E-state index in [0.29, 0.717) is 6.04 Å². The molecule has 1 aliphatic carbocycles. The lowest BCUT2D eigenvalue weighted by Crippen LogP contribution is -2.32. The van der Waals surface area contributed by atoms with E-state index in [4.69, 9.17) is 5.73 Å². The second-order valence-electron chi connectivity index (χ2n) is 6.19. The molecule has 0 bridgehead atoms. The normalized spacial score (nSPS) is 23.1. The third-order valence-electron chi connectivity index (χ3n) is 4.20. The van der Waals surface area contributed by atoms with E-state index in [1.165, 1.54) is 0 Å². The maximum absolute atomic E-state index is 12.4. The van der Waals surface area contributed by atoms with Crippen LogP contribution in [0.25, 0.3) is 0 Å². The number of hydrogen-bond acceptors (Lipinski definition) is 3. The van der Waals surface area contributed by atoms with E-state index in [0.717, 1.165) is 42.8 Å². The van der Waals surface area contributed by atoms with E-state index in [2.05, 4.69) is 24.3 Å². The molecule has 0 atom stereocenters. The van der Waals surface area contributed by atoms with Crippen molar-refractivity contribution in [1.82, 2.24) is 9.78 Å². The van der Waals surface area contributed by atoms with Crippen molar-refractivity contribution in [1.29, 1.82) is 0 Å². The zero-order chi connectivity index (χ0) is 14.9. The number of rotatable bonds is 3. The number of carbonyl (C=O) groups is 1. The Morgan fingerprint density at radius 3 is 2.40 bits per heavy atom. The average molecular weight is 278 g/mol. The molecule has 0 unspecified atom stereocenters. The Kier molecular flexibility index (Phi) is 4.48. The van der Waals surface area contributed by atoms with Crippen molar-refractivity contribution >= 4 is 11.6 Å². The van der Waals surface area contributed by atoms with Crippen LogP contribution in [0.3, 0.4) is 0 Å². The third kappa shape index (κ3) is 3.03. The zero-order valence-corrected chi connectivity index (χ0v) is 12.9. The standard InChI is InChI=1S/C15H26N4O/c1-9(2)19-11(4)14(10(3)18-19)17-15(20)12-5-7-13(16)8-6-12/h9,12-13H,5-8,16H2,1-4H3,(H,17,20). The lowest BCUT2D eigenvalue weighted by Gasteiger charge is -2.25. The van der Waals surface area contributed by atoms with Crippen molar-refractivity contribution in [2.45, 2.75) is 65.5 Å². The van der Waals surface area contributed by atoms with Crippen molar-refractivity contribution in [3.63, 3.8) is 0 Å². The molecule has 1 amide bonds. The second kappa shape index (κ2) is 5.95. The minimum absolute atomic E-state index is 0.0935. The summed E-state index contributed by atoms with van der Waals surface area (Å²) in [7, 11) is 0. The van der Waals surface area contributed by atoms with Crippen molar-refractivity contribution in [2.75, 3.05) is 5.32 Å². The fraction of sp³-hybridized carbons (Fsp3) is 0.733. The van der Waals surface area contributed by atoms with Gasteiger partial charge in [-0.2, -0.15) is 5.10 Å². The van der Waals surface area contributed by atoms with E-state index in [9.17, 15) is 4.79 Å². The summed E-state index contributed by atoms with van der Waals surface area (Å²) in [4.78, 5) is 12.4. The minimum Gasteiger partial charge on any atom is -0.328 e. The first-order chi connectivity index (χ1) is 9.40. The van der Waals surface area contributed by atoms with Crippen LogP contribution in [0.1, 0.15) is 57.0 Å². The van der Waals surface area contributed by atoms with Crippen LogP contribution in [0, 0.1) is 19.8 Å². The number of nitrogens with zero attached hydrogens (tertiary/aromatic N) is 2. The quantitative estimate of drug-likeness (QED) is 0.892. The van der Waals surface area contributed by atoms with Crippen LogP contribution < -0.4 is 11.1 Å². The van der Waals surface area contributed by atoms with E-state index >= 15 is 0 Å². The molecule has 2 rings (SSSR count). The molecule has 1 saturated carbocycles. The molecular weight excluding hydrogens is 252 g/mol. The fourth-order valence-corrected chi connectivity index (χ4v) is 2.95. The topological polar surface area (TPSA) is 72.9 Å². The van der Waals surface area contributed by atoms with E-state index in [1.54, 1.807) is 0 Å². The monoisotopic (exact) mass is 278 g/mol. The Morgan fingerprint density at radius 2 is 1.90 bits per heavy atom. The summed E-state index contributed by atoms with van der Waals surface area (Å²) in [5.41, 5.74) is 8.68. The van der Waals surface area contributed by atoms with Gasteiger partial charge in [0.25, 0.3) is 0 Å². The van der Waals surface area contributed by atoms with E-state index in [-0.39, 0.29) is 17.9 Å². The first-order valence-electron chi connectivity index (χ1n) is 7.52. The van der Waals surface area contributed by atoms with Gasteiger partial charge >= 0.3 is 0 Å². The number of carbonyl (C=O) groups excluding carboxylic acids is 1. The first-order valence-corrected chi connectivity index (χ1v) is 7.52. The van der Waals surface area contributed by atoms with Crippen LogP contribution in [0.4, 0.5) is 5.69 Å². The van der Waals surface area contributed by atoms with Crippen LogP contribution in [0.5, 0.6) is 0 Å². The molecule has 0 aliphatic heterocycles. The summed E-state index contributed by atoms with van der Waals surface area (Å²) < 4.78 is 1.96. The molecule has 0 radical (unpaired) electrons. The number of anilines is 1. The third-order valence-corrected chi connectivity index (χ3v) is 4.20. The second-order valence-corrected chi connectivity index (χ2v) is 6.19. The molecule has 0 spiro atoms. The number of aryl methyl sites for hydroxylation is 1. The summed E-state index contributed by atoms with van der Waals surface area (Å²) >= 11 is 0. The predicted octanol–water partition coefficient (Wildman–Crippen LogP) is 2.54. The van der Waals surface area contributed by atoms with E-state index in [1.807, 2.05) is 18.5 Å². The molecule has 1 heterocycles. The molecule has 5 heteroatoms. The maximum Gasteiger partial charge on any atom is 0.227 e. The van der Waals surface area contributed by atoms with Gasteiger partial charge in [0.05, 0.1) is 17.1 Å². The number of hydrogen-bond donors (Lipinski definition) is 2. The van der Waals surface area contributed by atoms with Crippen molar-refractivity contribution in [2.24, 2.45) is 11.7 Å². The van der Waals surface area contributed by atoms with Gasteiger partial charge in [-0.05, 0) is 53.4 Å². The van der Waals surface area contributed by atoms with Crippen molar-refractivity contribution < 1.29 is 4.79 Å². The predicted molar refractivity (Wildman–Crippen MR) is 80.6 cm³/mol. The van der Waals surface area contributed by atoms with Gasteiger partial charge in [-0.25, -0.2) is 0 Å². The Bertz CT molecular complexity index is 484. The molecule has 1 aliphatic rings. The summed E-state index contributed by atoms with van der Waals surface area (Å²) in [5.74, 6) is 0.211. The van der Waals surface area contributed by atoms with Gasteiger partial charge in [-0.3, -0.25) is 9.48 Å². The SMILES string of the molecule is Cc1nn(C(C)C)c(C)c1NC(=O)C1CCC(N)CC1. The molecule has 112 valence electrons. The Labute approximate surface area is 120 Å². The van der Waals surface area contributed by atoms with Crippen LogP contribution in [0.2, 0.25) is 0 Å². The highest BCUT2D eigenvalue weighted by atomic mass is 16.1. The molecule has 1 aromatic heterocycles. The zero-order valence-electron chi connectivity index (χ0n) is 12.9. The molecule has 1 aromatic rings. The number of nitrogens with one attached hydrogen (secondary N) is 1. The Balaban J connectivity index is 2.08. The van der Waals surface area contributed by atoms with Gasteiger partial charge in [-0.1, -0.05) is 0 Å². The van der Waals surface area contributed by atoms with Crippen molar-refractivity contribution in [3.8, 4) is 0 Å². The number of aromatic nitrogens is 2. The van der Waals surface area contributed by atoms with Gasteiger partial charge in [0, 0.05) is 18.0 Å². The summed E-state index contributed by atoms with van der Waals surface area (Å²) in [6.45, 7) is 8.13. The summed E-state index contributed by atoms with van der Waals surface area (Å²) in [6, 6.07) is 0.568. The highest BCUT2D eigenvalue weighted by Crippen LogP contribution is 2.27. The first kappa shape index (κ1) is 15.0. The number of amides is 1. The summed E-state index contributed by atoms with van der Waals surface area (Å²) in [5, 5.41) is 7.58. The molecule has 20 heavy (non-hydrogen) atoms. The van der Waals surface area contributed by atoms with E-state index < -0.39 is 0 Å². The van der Waals surface area contributed by atoms with Gasteiger partial charge in [0.1, 0.15) is 0 Å². The minimum atomic E-state index is 0.0935. The Hall–Kier alpha value is -1.36. The van der Waals surface area contributed by atoms with Crippen molar-refractivity contribution in [3.05, 3.63) is 11.4 Å². The highest BCUT2D eigenvalue weighted by Gasteiger charge is 2.26. The fourth-order valence-electron chi connectivity index (χ4n) is 2.95. The maximum atomic E-state index is 12.4. The smallest absolute Gasteiger partial charge is 0.227 e. The van der Waals surface area contributed by atoms with Gasteiger partial charge in [-0.15, -0.1) is 0 Å². The molecule has 0 saturated heterocycles. The molecule has 0 aromatic carbocycles. The lowest BCUT2D eigenvalue weighted by atomic mass is 9.86. The van der Waals surface area contributed by atoms with Crippen LogP contribution in [-0.2, 0) is 4.79 Å². The van der Waals surface area contributed by atoms with Crippen LogP contribution in [0.15, 0.2) is 0 Å². The molecule has 1 fully saturated rings. The molecular formula is C15H26N4O. The van der Waals surface area contributed by atoms with Gasteiger partial charge < -0.3 is 11.1 Å². The highest BCUT2D eigenvalue weighted by molar-refractivity contribution is 5.93. The molecule has 3 N–H and O–H groups in total.